The van der Waals surface area contributed by atoms with Crippen molar-refractivity contribution in [1.29, 1.82) is 0 Å². The average Bonchev–Trinajstić information content (AvgIpc) is 2.54. The molecule has 0 atom stereocenters. The fourth-order valence-corrected chi connectivity index (χ4v) is 2.23. The van der Waals surface area contributed by atoms with E-state index in [9.17, 15) is 9.59 Å². The smallest absolute Gasteiger partial charge is 0.258 e. The molecule has 0 saturated heterocycles. The van der Waals surface area contributed by atoms with Crippen LogP contribution in [0.2, 0.25) is 0 Å². The van der Waals surface area contributed by atoms with Crippen LogP contribution in [-0.2, 0) is 17.8 Å². The molecule has 0 bridgehead atoms. The van der Waals surface area contributed by atoms with Crippen LogP contribution < -0.4 is 10.9 Å². The third-order valence-corrected chi connectivity index (χ3v) is 3.32. The number of hydrogen-bond donors (Lipinski definition) is 2. The number of H-pyrrole nitrogens is 1. The van der Waals surface area contributed by atoms with Gasteiger partial charge < -0.3 is 10.3 Å². The monoisotopic (exact) mass is 293 g/mol. The van der Waals surface area contributed by atoms with Crippen LogP contribution >= 0.6 is 0 Å². The highest BCUT2D eigenvalue weighted by Gasteiger charge is 2.08. The Morgan fingerprint density at radius 3 is 2.59 bits per heavy atom. The molecular formula is C17H15N3O2. The van der Waals surface area contributed by atoms with Crippen molar-refractivity contribution in [3.8, 4) is 0 Å². The Balaban J connectivity index is 1.70. The number of benzene rings is 2. The molecule has 2 aromatic carbocycles. The van der Waals surface area contributed by atoms with Gasteiger partial charge in [-0.15, -0.1) is 0 Å². The number of amides is 1. The topological polar surface area (TPSA) is 74.8 Å². The fourth-order valence-electron chi connectivity index (χ4n) is 2.23. The molecule has 0 aliphatic carbocycles. The number of carbonyl (C=O) groups excluding carboxylic acids is 1. The Kier molecular flexibility index (Phi) is 3.96. The first kappa shape index (κ1) is 14.0. The maximum atomic E-state index is 12.0. The van der Waals surface area contributed by atoms with Gasteiger partial charge >= 0.3 is 0 Å². The van der Waals surface area contributed by atoms with E-state index >= 15 is 0 Å². The van der Waals surface area contributed by atoms with Gasteiger partial charge in [0.25, 0.3) is 5.56 Å². The van der Waals surface area contributed by atoms with Gasteiger partial charge in [0.05, 0.1) is 17.3 Å². The average molecular weight is 293 g/mol. The van der Waals surface area contributed by atoms with Crippen molar-refractivity contribution in [2.45, 2.75) is 13.0 Å². The summed E-state index contributed by atoms with van der Waals surface area (Å²) in [6, 6.07) is 16.7. The standard InChI is InChI=1S/C17H15N3O2/c21-16(18-11-12-6-2-1-3-7-12)10-15-19-14-9-5-4-8-13(14)17(22)20-15/h1-9H,10-11H2,(H,18,21)(H,19,20,22). The number of nitrogens with zero attached hydrogens (tertiary/aromatic N) is 1. The molecule has 0 saturated carbocycles. The lowest BCUT2D eigenvalue weighted by molar-refractivity contribution is -0.120. The zero-order valence-electron chi connectivity index (χ0n) is 11.9. The van der Waals surface area contributed by atoms with Gasteiger partial charge in [-0.05, 0) is 17.7 Å². The summed E-state index contributed by atoms with van der Waals surface area (Å²) in [6.07, 6.45) is 0.0485. The second-order valence-corrected chi connectivity index (χ2v) is 4.97. The molecule has 5 heteroatoms. The highest BCUT2D eigenvalue weighted by atomic mass is 16.1. The van der Waals surface area contributed by atoms with Gasteiger partial charge in [0.2, 0.25) is 5.91 Å². The van der Waals surface area contributed by atoms with Crippen LogP contribution in [0.15, 0.2) is 59.4 Å². The van der Waals surface area contributed by atoms with E-state index in [1.54, 1.807) is 18.2 Å². The van der Waals surface area contributed by atoms with Crippen molar-refractivity contribution >= 4 is 16.8 Å². The lowest BCUT2D eigenvalue weighted by Crippen LogP contribution is -2.26. The molecule has 22 heavy (non-hydrogen) atoms. The molecule has 0 radical (unpaired) electrons. The molecule has 1 aromatic heterocycles. The summed E-state index contributed by atoms with van der Waals surface area (Å²) < 4.78 is 0. The first-order valence-corrected chi connectivity index (χ1v) is 7.01. The van der Waals surface area contributed by atoms with Gasteiger partial charge in [-0.25, -0.2) is 4.98 Å². The summed E-state index contributed by atoms with van der Waals surface area (Å²) in [5.74, 6) is 0.191. The van der Waals surface area contributed by atoms with E-state index in [-0.39, 0.29) is 17.9 Å². The number of para-hydroxylation sites is 1. The summed E-state index contributed by atoms with van der Waals surface area (Å²) in [5.41, 5.74) is 1.39. The molecule has 2 N–H and O–H groups in total. The summed E-state index contributed by atoms with van der Waals surface area (Å²) in [7, 11) is 0. The molecule has 0 aliphatic heterocycles. The minimum Gasteiger partial charge on any atom is -0.352 e. The second-order valence-electron chi connectivity index (χ2n) is 4.97. The number of rotatable bonds is 4. The largest absolute Gasteiger partial charge is 0.352 e. The Bertz CT molecular complexity index is 856. The van der Waals surface area contributed by atoms with Gasteiger partial charge in [0.1, 0.15) is 5.82 Å². The third kappa shape index (κ3) is 3.20. The van der Waals surface area contributed by atoms with Crippen molar-refractivity contribution in [3.63, 3.8) is 0 Å². The Morgan fingerprint density at radius 2 is 1.77 bits per heavy atom. The second kappa shape index (κ2) is 6.22. The molecule has 0 unspecified atom stereocenters. The lowest BCUT2D eigenvalue weighted by atomic mass is 10.2. The van der Waals surface area contributed by atoms with E-state index in [0.717, 1.165) is 5.56 Å². The molecule has 110 valence electrons. The minimum atomic E-state index is -0.226. The molecule has 1 heterocycles. The Hall–Kier alpha value is -2.95. The molecule has 0 aliphatic rings. The highest BCUT2D eigenvalue weighted by Crippen LogP contribution is 2.06. The minimum absolute atomic E-state index is 0.0485. The van der Waals surface area contributed by atoms with Crippen LogP contribution in [0.1, 0.15) is 11.4 Å². The van der Waals surface area contributed by atoms with Crippen molar-refractivity contribution in [3.05, 3.63) is 76.3 Å². The van der Waals surface area contributed by atoms with Crippen LogP contribution in [0.3, 0.4) is 0 Å². The van der Waals surface area contributed by atoms with Crippen LogP contribution in [0.5, 0.6) is 0 Å². The Morgan fingerprint density at radius 1 is 1.05 bits per heavy atom. The quantitative estimate of drug-likeness (QED) is 0.770. The predicted molar refractivity (Wildman–Crippen MR) is 84.4 cm³/mol. The van der Waals surface area contributed by atoms with E-state index in [4.69, 9.17) is 0 Å². The van der Waals surface area contributed by atoms with E-state index in [0.29, 0.717) is 23.3 Å². The van der Waals surface area contributed by atoms with E-state index < -0.39 is 0 Å². The molecule has 3 rings (SSSR count). The number of aromatic nitrogens is 2. The SMILES string of the molecule is O=C(Cc1nc2ccccc2c(=O)[nH]1)NCc1ccccc1. The molecule has 0 spiro atoms. The van der Waals surface area contributed by atoms with E-state index in [1.807, 2.05) is 36.4 Å². The summed E-state index contributed by atoms with van der Waals surface area (Å²) in [5, 5.41) is 3.34. The van der Waals surface area contributed by atoms with Crippen molar-refractivity contribution in [1.82, 2.24) is 15.3 Å². The maximum absolute atomic E-state index is 12.0. The zero-order chi connectivity index (χ0) is 15.4. The summed E-state index contributed by atoms with van der Waals surface area (Å²) in [4.78, 5) is 30.9. The molecule has 0 fully saturated rings. The first-order valence-electron chi connectivity index (χ1n) is 7.01. The van der Waals surface area contributed by atoms with Gasteiger partial charge in [0, 0.05) is 6.54 Å². The lowest BCUT2D eigenvalue weighted by Gasteiger charge is -2.06. The third-order valence-electron chi connectivity index (χ3n) is 3.32. The number of aromatic amines is 1. The van der Waals surface area contributed by atoms with Crippen molar-refractivity contribution < 1.29 is 4.79 Å². The van der Waals surface area contributed by atoms with Crippen LogP contribution in [0.25, 0.3) is 10.9 Å². The van der Waals surface area contributed by atoms with Gasteiger partial charge in [-0.1, -0.05) is 42.5 Å². The van der Waals surface area contributed by atoms with Gasteiger partial charge in [-0.2, -0.15) is 0 Å². The fraction of sp³-hybridized carbons (Fsp3) is 0.118. The van der Waals surface area contributed by atoms with Gasteiger partial charge in [-0.3, -0.25) is 9.59 Å². The zero-order valence-corrected chi connectivity index (χ0v) is 11.9. The number of hydrogen-bond acceptors (Lipinski definition) is 3. The number of nitrogens with one attached hydrogen (secondary N) is 2. The molecule has 5 nitrogen and oxygen atoms in total. The van der Waals surface area contributed by atoms with E-state index in [1.165, 1.54) is 0 Å². The molecular weight excluding hydrogens is 278 g/mol. The summed E-state index contributed by atoms with van der Waals surface area (Å²) >= 11 is 0. The van der Waals surface area contributed by atoms with Crippen LogP contribution in [0.4, 0.5) is 0 Å². The van der Waals surface area contributed by atoms with Crippen molar-refractivity contribution in [2.75, 3.05) is 0 Å². The maximum Gasteiger partial charge on any atom is 0.258 e. The molecule has 1 amide bonds. The Labute approximate surface area is 127 Å². The summed E-state index contributed by atoms with van der Waals surface area (Å²) in [6.45, 7) is 0.456. The van der Waals surface area contributed by atoms with Gasteiger partial charge in [0.15, 0.2) is 0 Å². The van der Waals surface area contributed by atoms with Crippen LogP contribution in [-0.4, -0.2) is 15.9 Å². The predicted octanol–water partition coefficient (Wildman–Crippen LogP) is 1.78. The number of fused-ring (bicyclic) bond motifs is 1. The normalized spacial score (nSPS) is 10.5. The van der Waals surface area contributed by atoms with E-state index in [2.05, 4.69) is 15.3 Å². The van der Waals surface area contributed by atoms with Crippen molar-refractivity contribution in [2.24, 2.45) is 0 Å². The highest BCUT2D eigenvalue weighted by molar-refractivity contribution is 5.80. The molecule has 3 aromatic rings. The number of carbonyl (C=O) groups is 1. The first-order chi connectivity index (χ1) is 10.7. The van der Waals surface area contributed by atoms with Crippen LogP contribution in [0, 0.1) is 0 Å².